The molecule has 0 spiro atoms. The van der Waals surface area contributed by atoms with Crippen LogP contribution in [-0.4, -0.2) is 5.91 Å². The van der Waals surface area contributed by atoms with Crippen molar-refractivity contribution in [3.05, 3.63) is 29.6 Å². The number of hydrogen-bond donors (Lipinski definition) is 2. The molecule has 2 bridgehead atoms. The zero-order valence-corrected chi connectivity index (χ0v) is 10.9. The minimum atomic E-state index is -0.319. The molecule has 0 aliphatic heterocycles. The molecule has 0 radical (unpaired) electrons. The fraction of sp³-hybridized carbons (Fsp3) is 0.533. The van der Waals surface area contributed by atoms with Gasteiger partial charge in [0, 0.05) is 23.7 Å². The Morgan fingerprint density at radius 2 is 2.21 bits per heavy atom. The second-order valence-corrected chi connectivity index (χ2v) is 5.78. The Bertz CT molecular complexity index is 503. The topological polar surface area (TPSA) is 55.1 Å². The molecular formula is C15H19FN2O. The van der Waals surface area contributed by atoms with Gasteiger partial charge in [-0.2, -0.15) is 0 Å². The van der Waals surface area contributed by atoms with Gasteiger partial charge in [-0.05, 0) is 49.3 Å². The SMILES string of the molecule is NCc1cc(NC(=O)C2CC3CCC2C3)ccc1F. The second-order valence-electron chi connectivity index (χ2n) is 5.78. The standard InChI is InChI=1S/C15H19FN2O/c16-14-4-3-12(7-11(14)8-17)18-15(19)13-6-9-1-2-10(13)5-9/h3-4,7,9-10,13H,1-2,5-6,8,17H2,(H,18,19). The first-order chi connectivity index (χ1) is 9.17. The number of hydrogen-bond acceptors (Lipinski definition) is 2. The zero-order valence-electron chi connectivity index (χ0n) is 10.9. The smallest absolute Gasteiger partial charge is 0.227 e. The predicted octanol–water partition coefficient (Wildman–Crippen LogP) is 2.66. The normalized spacial score (nSPS) is 28.6. The second kappa shape index (κ2) is 4.93. The van der Waals surface area contributed by atoms with Crippen LogP contribution in [0.15, 0.2) is 18.2 Å². The molecule has 2 saturated carbocycles. The van der Waals surface area contributed by atoms with E-state index in [0.717, 1.165) is 12.3 Å². The summed E-state index contributed by atoms with van der Waals surface area (Å²) in [4.78, 5) is 12.3. The maximum Gasteiger partial charge on any atom is 0.227 e. The highest BCUT2D eigenvalue weighted by atomic mass is 19.1. The van der Waals surface area contributed by atoms with Gasteiger partial charge in [-0.25, -0.2) is 4.39 Å². The van der Waals surface area contributed by atoms with Crippen LogP contribution in [0, 0.1) is 23.6 Å². The van der Waals surface area contributed by atoms with Gasteiger partial charge in [0.05, 0.1) is 0 Å². The summed E-state index contributed by atoms with van der Waals surface area (Å²) in [7, 11) is 0. The van der Waals surface area contributed by atoms with Crippen molar-refractivity contribution in [2.75, 3.05) is 5.32 Å². The molecule has 3 rings (SSSR count). The zero-order chi connectivity index (χ0) is 13.4. The largest absolute Gasteiger partial charge is 0.326 e. The summed E-state index contributed by atoms with van der Waals surface area (Å²) in [6.07, 6.45) is 4.68. The monoisotopic (exact) mass is 262 g/mol. The Hall–Kier alpha value is -1.42. The number of benzene rings is 1. The number of carbonyl (C=O) groups excluding carboxylic acids is 1. The molecule has 4 heteroatoms. The lowest BCUT2D eigenvalue weighted by Crippen LogP contribution is -2.27. The van der Waals surface area contributed by atoms with Crippen LogP contribution in [0.5, 0.6) is 0 Å². The van der Waals surface area contributed by atoms with Crippen molar-refractivity contribution >= 4 is 11.6 Å². The van der Waals surface area contributed by atoms with Gasteiger partial charge < -0.3 is 11.1 Å². The van der Waals surface area contributed by atoms with E-state index in [1.807, 2.05) is 0 Å². The molecule has 2 aliphatic carbocycles. The highest BCUT2D eigenvalue weighted by Gasteiger charge is 2.42. The first-order valence-electron chi connectivity index (χ1n) is 6.96. The molecule has 0 aromatic heterocycles. The van der Waals surface area contributed by atoms with Crippen molar-refractivity contribution in [2.45, 2.75) is 32.2 Å². The minimum absolute atomic E-state index is 0.0850. The number of halogens is 1. The fourth-order valence-electron chi connectivity index (χ4n) is 3.61. The van der Waals surface area contributed by atoms with E-state index in [-0.39, 0.29) is 24.2 Å². The molecule has 3 atom stereocenters. The van der Waals surface area contributed by atoms with Crippen LogP contribution in [0.25, 0.3) is 0 Å². The van der Waals surface area contributed by atoms with E-state index in [1.165, 1.54) is 25.3 Å². The number of nitrogens with one attached hydrogen (secondary N) is 1. The summed E-state index contributed by atoms with van der Waals surface area (Å²) in [5.74, 6) is 1.21. The molecule has 0 heterocycles. The number of anilines is 1. The van der Waals surface area contributed by atoms with E-state index in [1.54, 1.807) is 12.1 Å². The third-order valence-corrected chi connectivity index (χ3v) is 4.61. The third-order valence-electron chi connectivity index (χ3n) is 4.61. The summed E-state index contributed by atoms with van der Waals surface area (Å²) in [5.41, 5.74) is 6.55. The van der Waals surface area contributed by atoms with Gasteiger partial charge in [0.15, 0.2) is 0 Å². The van der Waals surface area contributed by atoms with Gasteiger partial charge in [-0.3, -0.25) is 4.79 Å². The maximum absolute atomic E-state index is 13.3. The number of amides is 1. The summed E-state index contributed by atoms with van der Waals surface area (Å²) in [6.45, 7) is 0.143. The van der Waals surface area contributed by atoms with Gasteiger partial charge in [0.25, 0.3) is 0 Å². The minimum Gasteiger partial charge on any atom is -0.326 e. The molecule has 2 aliphatic rings. The van der Waals surface area contributed by atoms with E-state index in [4.69, 9.17) is 5.73 Å². The molecule has 1 amide bonds. The van der Waals surface area contributed by atoms with E-state index in [0.29, 0.717) is 17.2 Å². The molecular weight excluding hydrogens is 243 g/mol. The summed E-state index contributed by atoms with van der Waals surface area (Å²) >= 11 is 0. The van der Waals surface area contributed by atoms with Crippen LogP contribution in [0.1, 0.15) is 31.2 Å². The first-order valence-corrected chi connectivity index (χ1v) is 6.96. The lowest BCUT2D eigenvalue weighted by atomic mass is 9.88. The van der Waals surface area contributed by atoms with E-state index in [9.17, 15) is 9.18 Å². The van der Waals surface area contributed by atoms with Crippen molar-refractivity contribution in [2.24, 2.45) is 23.5 Å². The summed E-state index contributed by atoms with van der Waals surface area (Å²) in [5, 5.41) is 2.91. The molecule has 0 saturated heterocycles. The van der Waals surface area contributed by atoms with Crippen molar-refractivity contribution < 1.29 is 9.18 Å². The average molecular weight is 262 g/mol. The van der Waals surface area contributed by atoms with Crippen LogP contribution in [-0.2, 0) is 11.3 Å². The molecule has 19 heavy (non-hydrogen) atoms. The lowest BCUT2D eigenvalue weighted by molar-refractivity contribution is -0.121. The van der Waals surface area contributed by atoms with E-state index >= 15 is 0 Å². The van der Waals surface area contributed by atoms with Gasteiger partial charge >= 0.3 is 0 Å². The van der Waals surface area contributed by atoms with Gasteiger partial charge in [-0.15, -0.1) is 0 Å². The maximum atomic E-state index is 13.3. The quantitative estimate of drug-likeness (QED) is 0.880. The van der Waals surface area contributed by atoms with Crippen molar-refractivity contribution in [1.82, 2.24) is 0 Å². The molecule has 3 nitrogen and oxygen atoms in total. The fourth-order valence-corrected chi connectivity index (χ4v) is 3.61. The van der Waals surface area contributed by atoms with Crippen LogP contribution in [0.2, 0.25) is 0 Å². The van der Waals surface area contributed by atoms with E-state index < -0.39 is 0 Å². The Morgan fingerprint density at radius 3 is 2.84 bits per heavy atom. The van der Waals surface area contributed by atoms with Gasteiger partial charge in [-0.1, -0.05) is 6.42 Å². The molecule has 102 valence electrons. The molecule has 1 aromatic carbocycles. The Balaban J connectivity index is 1.69. The first kappa shape index (κ1) is 12.6. The summed E-state index contributed by atoms with van der Waals surface area (Å²) < 4.78 is 13.3. The molecule has 1 aromatic rings. The van der Waals surface area contributed by atoms with Gasteiger partial charge in [0.1, 0.15) is 5.82 Å². The highest BCUT2D eigenvalue weighted by Crippen LogP contribution is 2.48. The Morgan fingerprint density at radius 1 is 1.37 bits per heavy atom. The molecule has 3 N–H and O–H groups in total. The highest BCUT2D eigenvalue weighted by molar-refractivity contribution is 5.93. The number of carbonyl (C=O) groups is 1. The number of fused-ring (bicyclic) bond motifs is 2. The Kier molecular flexibility index (Phi) is 3.27. The van der Waals surface area contributed by atoms with Crippen LogP contribution >= 0.6 is 0 Å². The van der Waals surface area contributed by atoms with Crippen molar-refractivity contribution in [1.29, 1.82) is 0 Å². The summed E-state index contributed by atoms with van der Waals surface area (Å²) in [6, 6.07) is 4.58. The lowest BCUT2D eigenvalue weighted by Gasteiger charge is -2.21. The average Bonchev–Trinajstić information content (AvgIpc) is 3.03. The molecule has 2 fully saturated rings. The Labute approximate surface area is 112 Å². The van der Waals surface area contributed by atoms with Crippen molar-refractivity contribution in [3.63, 3.8) is 0 Å². The van der Waals surface area contributed by atoms with Crippen LogP contribution < -0.4 is 11.1 Å². The number of rotatable bonds is 3. The predicted molar refractivity (Wildman–Crippen MR) is 71.9 cm³/mol. The number of nitrogens with two attached hydrogens (primary N) is 1. The van der Waals surface area contributed by atoms with Crippen LogP contribution in [0.3, 0.4) is 0 Å². The van der Waals surface area contributed by atoms with E-state index in [2.05, 4.69) is 5.32 Å². The van der Waals surface area contributed by atoms with Crippen molar-refractivity contribution in [3.8, 4) is 0 Å². The van der Waals surface area contributed by atoms with Gasteiger partial charge in [0.2, 0.25) is 5.91 Å². The molecule has 3 unspecified atom stereocenters. The van der Waals surface area contributed by atoms with Crippen LogP contribution in [0.4, 0.5) is 10.1 Å². The third kappa shape index (κ3) is 2.37.